The van der Waals surface area contributed by atoms with Gasteiger partial charge in [-0.3, -0.25) is 14.8 Å². The summed E-state index contributed by atoms with van der Waals surface area (Å²) in [4.78, 5) is 23.9. The monoisotopic (exact) mass is 361 g/mol. The standard InChI is InChI=1S/C22H20FN3O/c23-17-4-1-14(2-5-17)16-11-18-6-7-19(12-16)26(18)22(27)15-3-8-20-21(13-15)25-10-9-24-20/h1-5,8-10,13,16,18-19H,6-7,11-12H2/t16-,18+,19-. The second kappa shape index (κ2) is 6.41. The van der Waals surface area contributed by atoms with Crippen LogP contribution >= 0.6 is 0 Å². The summed E-state index contributed by atoms with van der Waals surface area (Å²) >= 11 is 0. The lowest BCUT2D eigenvalue weighted by atomic mass is 9.85. The molecule has 0 saturated carbocycles. The van der Waals surface area contributed by atoms with Crippen molar-refractivity contribution in [2.45, 2.75) is 43.7 Å². The molecule has 4 nitrogen and oxygen atoms in total. The van der Waals surface area contributed by atoms with E-state index >= 15 is 0 Å². The van der Waals surface area contributed by atoms with Crippen LogP contribution in [0, 0.1) is 5.82 Å². The Morgan fingerprint density at radius 1 is 0.926 bits per heavy atom. The molecule has 2 bridgehead atoms. The molecule has 2 aromatic carbocycles. The van der Waals surface area contributed by atoms with Gasteiger partial charge in [-0.2, -0.15) is 0 Å². The molecule has 1 amide bonds. The molecule has 3 atom stereocenters. The zero-order valence-electron chi connectivity index (χ0n) is 14.9. The zero-order chi connectivity index (χ0) is 18.4. The summed E-state index contributed by atoms with van der Waals surface area (Å²) in [6, 6.07) is 12.9. The summed E-state index contributed by atoms with van der Waals surface area (Å²) in [6.45, 7) is 0. The van der Waals surface area contributed by atoms with Crippen LogP contribution in [0.2, 0.25) is 0 Å². The number of fused-ring (bicyclic) bond motifs is 3. The van der Waals surface area contributed by atoms with Gasteiger partial charge in [0.05, 0.1) is 11.0 Å². The van der Waals surface area contributed by atoms with Gasteiger partial charge in [0.2, 0.25) is 0 Å². The molecule has 0 unspecified atom stereocenters. The number of carbonyl (C=O) groups excluding carboxylic acids is 1. The van der Waals surface area contributed by atoms with E-state index in [2.05, 4.69) is 14.9 Å². The van der Waals surface area contributed by atoms with Crippen molar-refractivity contribution >= 4 is 16.9 Å². The maximum absolute atomic E-state index is 13.2. The first-order chi connectivity index (χ1) is 13.2. The lowest BCUT2D eigenvalue weighted by molar-refractivity contribution is 0.0571. The van der Waals surface area contributed by atoms with Gasteiger partial charge < -0.3 is 4.90 Å². The average molecular weight is 361 g/mol. The number of rotatable bonds is 2. The maximum atomic E-state index is 13.2. The summed E-state index contributed by atoms with van der Waals surface area (Å²) in [5.41, 5.74) is 3.41. The van der Waals surface area contributed by atoms with E-state index in [0.29, 0.717) is 11.5 Å². The van der Waals surface area contributed by atoms with Gasteiger partial charge in [-0.1, -0.05) is 12.1 Å². The first-order valence-electron chi connectivity index (χ1n) is 9.48. The molecule has 1 aromatic heterocycles. The number of halogens is 1. The smallest absolute Gasteiger partial charge is 0.254 e. The number of carbonyl (C=O) groups is 1. The van der Waals surface area contributed by atoms with Gasteiger partial charge in [0.1, 0.15) is 5.82 Å². The molecular formula is C22H20FN3O. The summed E-state index contributed by atoms with van der Waals surface area (Å²) in [5.74, 6) is 0.288. The third-order valence-corrected chi connectivity index (χ3v) is 6.03. The number of aromatic nitrogens is 2. The predicted molar refractivity (Wildman–Crippen MR) is 101 cm³/mol. The molecule has 136 valence electrons. The van der Waals surface area contributed by atoms with Gasteiger partial charge in [0.25, 0.3) is 5.91 Å². The fourth-order valence-corrected chi connectivity index (χ4v) is 4.76. The molecule has 3 heterocycles. The molecule has 27 heavy (non-hydrogen) atoms. The molecule has 0 radical (unpaired) electrons. The van der Waals surface area contributed by atoms with E-state index in [1.54, 1.807) is 12.4 Å². The minimum atomic E-state index is -0.200. The van der Waals surface area contributed by atoms with Crippen LogP contribution in [0.1, 0.15) is 47.5 Å². The second-order valence-corrected chi connectivity index (χ2v) is 7.58. The first-order valence-corrected chi connectivity index (χ1v) is 9.48. The largest absolute Gasteiger partial charge is 0.333 e. The molecule has 5 heteroatoms. The van der Waals surface area contributed by atoms with Gasteiger partial charge in [0.15, 0.2) is 0 Å². The minimum absolute atomic E-state index is 0.0904. The number of amides is 1. The van der Waals surface area contributed by atoms with Crippen LogP contribution < -0.4 is 0 Å². The van der Waals surface area contributed by atoms with Crippen molar-refractivity contribution in [3.05, 3.63) is 71.8 Å². The van der Waals surface area contributed by atoms with Crippen molar-refractivity contribution in [1.82, 2.24) is 14.9 Å². The molecular weight excluding hydrogens is 341 g/mol. The van der Waals surface area contributed by atoms with E-state index in [9.17, 15) is 9.18 Å². The third-order valence-electron chi connectivity index (χ3n) is 6.03. The maximum Gasteiger partial charge on any atom is 0.254 e. The van der Waals surface area contributed by atoms with E-state index < -0.39 is 0 Å². The van der Waals surface area contributed by atoms with Gasteiger partial charge in [-0.15, -0.1) is 0 Å². The van der Waals surface area contributed by atoms with Crippen molar-refractivity contribution < 1.29 is 9.18 Å². The van der Waals surface area contributed by atoms with Crippen molar-refractivity contribution in [2.24, 2.45) is 0 Å². The minimum Gasteiger partial charge on any atom is -0.333 e. The SMILES string of the molecule is O=C(c1ccc2nccnc2c1)N1[C@@H]2CC[C@H]1C[C@@H](c1ccc(F)cc1)C2. The summed E-state index contributed by atoms with van der Waals surface area (Å²) in [5, 5.41) is 0. The van der Waals surface area contributed by atoms with E-state index in [1.165, 1.54) is 17.7 Å². The van der Waals surface area contributed by atoms with Crippen LogP contribution in [0.4, 0.5) is 4.39 Å². The van der Waals surface area contributed by atoms with E-state index in [-0.39, 0.29) is 23.8 Å². The van der Waals surface area contributed by atoms with Crippen LogP contribution in [-0.2, 0) is 0 Å². The Hall–Kier alpha value is -2.82. The van der Waals surface area contributed by atoms with E-state index in [1.807, 2.05) is 30.3 Å². The van der Waals surface area contributed by atoms with Crippen LogP contribution in [0.15, 0.2) is 54.9 Å². The number of nitrogens with zero attached hydrogens (tertiary/aromatic N) is 3. The molecule has 5 rings (SSSR count). The number of benzene rings is 2. The lowest BCUT2D eigenvalue weighted by Crippen LogP contribution is -2.46. The third kappa shape index (κ3) is 2.87. The summed E-state index contributed by atoms with van der Waals surface area (Å²) < 4.78 is 13.2. The number of hydrogen-bond acceptors (Lipinski definition) is 3. The molecule has 3 aromatic rings. The first kappa shape index (κ1) is 16.4. The van der Waals surface area contributed by atoms with Crippen molar-refractivity contribution in [3.63, 3.8) is 0 Å². The van der Waals surface area contributed by atoms with Crippen molar-refractivity contribution in [1.29, 1.82) is 0 Å². The average Bonchev–Trinajstić information content (AvgIpc) is 2.97. The predicted octanol–water partition coefficient (Wildman–Crippen LogP) is 4.32. The van der Waals surface area contributed by atoms with Crippen molar-refractivity contribution in [2.75, 3.05) is 0 Å². The van der Waals surface area contributed by atoms with Crippen molar-refractivity contribution in [3.8, 4) is 0 Å². The molecule has 0 aliphatic carbocycles. The summed E-state index contributed by atoms with van der Waals surface area (Å²) in [7, 11) is 0. The molecule has 0 spiro atoms. The lowest BCUT2D eigenvalue weighted by Gasteiger charge is -2.39. The second-order valence-electron chi connectivity index (χ2n) is 7.58. The molecule has 2 saturated heterocycles. The Morgan fingerprint density at radius 2 is 1.59 bits per heavy atom. The molecule has 0 N–H and O–H groups in total. The Morgan fingerprint density at radius 3 is 2.30 bits per heavy atom. The Bertz CT molecular complexity index is 990. The Labute approximate surface area is 157 Å². The highest BCUT2D eigenvalue weighted by Crippen LogP contribution is 2.43. The highest BCUT2D eigenvalue weighted by Gasteiger charge is 2.43. The zero-order valence-corrected chi connectivity index (χ0v) is 14.9. The van der Waals surface area contributed by atoms with Crippen LogP contribution in [-0.4, -0.2) is 32.9 Å². The Kier molecular flexibility index (Phi) is 3.88. The van der Waals surface area contributed by atoms with E-state index in [4.69, 9.17) is 0 Å². The van der Waals surface area contributed by atoms with E-state index in [0.717, 1.165) is 36.7 Å². The quantitative estimate of drug-likeness (QED) is 0.683. The van der Waals surface area contributed by atoms with Crippen LogP contribution in [0.25, 0.3) is 11.0 Å². The van der Waals surface area contributed by atoms with Crippen LogP contribution in [0.3, 0.4) is 0 Å². The topological polar surface area (TPSA) is 46.1 Å². The summed E-state index contributed by atoms with van der Waals surface area (Å²) in [6.07, 6.45) is 7.28. The highest BCUT2D eigenvalue weighted by molar-refractivity contribution is 5.97. The number of hydrogen-bond donors (Lipinski definition) is 0. The van der Waals surface area contributed by atoms with Crippen LogP contribution in [0.5, 0.6) is 0 Å². The fourth-order valence-electron chi connectivity index (χ4n) is 4.76. The highest BCUT2D eigenvalue weighted by atomic mass is 19.1. The molecule has 2 aliphatic heterocycles. The fraction of sp³-hybridized carbons (Fsp3) is 0.318. The van der Waals surface area contributed by atoms with Gasteiger partial charge in [0, 0.05) is 30.0 Å². The van der Waals surface area contributed by atoms with Gasteiger partial charge in [-0.05, 0) is 67.5 Å². The Balaban J connectivity index is 1.39. The van der Waals surface area contributed by atoms with Gasteiger partial charge >= 0.3 is 0 Å². The number of piperidine rings is 1. The van der Waals surface area contributed by atoms with Gasteiger partial charge in [-0.25, -0.2) is 4.39 Å². The molecule has 2 fully saturated rings. The molecule has 2 aliphatic rings. The normalized spacial score (nSPS) is 24.3.